The van der Waals surface area contributed by atoms with Crippen LogP contribution in [0.2, 0.25) is 0 Å². The van der Waals surface area contributed by atoms with E-state index in [1.54, 1.807) is 0 Å². The zero-order valence-corrected chi connectivity index (χ0v) is 26.1. The largest absolute Gasteiger partial charge is 0.310 e. The van der Waals surface area contributed by atoms with Crippen molar-refractivity contribution >= 4 is 49.4 Å². The molecule has 0 radical (unpaired) electrons. The molecule has 1 aliphatic carbocycles. The molecule has 0 saturated heterocycles. The molecule has 1 aliphatic rings. The second-order valence-corrected chi connectivity index (χ2v) is 13.8. The fourth-order valence-electron chi connectivity index (χ4n) is 7.60. The van der Waals surface area contributed by atoms with Crippen LogP contribution >= 0.6 is 0 Å². The third kappa shape index (κ3) is 3.85. The minimum absolute atomic E-state index is 0.0950. The van der Waals surface area contributed by atoms with Crippen molar-refractivity contribution < 1.29 is 0 Å². The Kier molecular flexibility index (Phi) is 5.81. The normalized spacial score (nSPS) is 13.8. The molecule has 0 amide bonds. The minimum Gasteiger partial charge on any atom is -0.310 e. The molecule has 0 bridgehead atoms. The summed E-state index contributed by atoms with van der Waals surface area (Å²) < 4.78 is 0. The molecule has 8 rings (SSSR count). The van der Waals surface area contributed by atoms with Crippen LogP contribution in [-0.2, 0) is 10.8 Å². The Morgan fingerprint density at radius 2 is 0.955 bits per heavy atom. The lowest BCUT2D eigenvalue weighted by atomic mass is 9.79. The molecular formula is C43H37N. The van der Waals surface area contributed by atoms with Crippen LogP contribution in [-0.4, -0.2) is 0 Å². The minimum atomic E-state index is -0.189. The summed E-state index contributed by atoms with van der Waals surface area (Å²) >= 11 is 0. The van der Waals surface area contributed by atoms with Gasteiger partial charge in [0.25, 0.3) is 0 Å². The summed E-state index contributed by atoms with van der Waals surface area (Å²) in [6.07, 6.45) is 0. The summed E-state index contributed by atoms with van der Waals surface area (Å²) in [6, 6.07) is 49.4. The maximum Gasteiger partial charge on any atom is 0.0543 e. The lowest BCUT2D eigenvalue weighted by Gasteiger charge is -2.30. The van der Waals surface area contributed by atoms with Crippen LogP contribution in [0.5, 0.6) is 0 Å². The fourth-order valence-corrected chi connectivity index (χ4v) is 7.60. The van der Waals surface area contributed by atoms with Gasteiger partial charge in [0.15, 0.2) is 0 Å². The predicted molar refractivity (Wildman–Crippen MR) is 190 cm³/mol. The van der Waals surface area contributed by atoms with Crippen LogP contribution in [0.25, 0.3) is 43.4 Å². The van der Waals surface area contributed by atoms with Gasteiger partial charge in [-0.15, -0.1) is 0 Å². The number of hydrogen-bond donors (Lipinski definition) is 0. The Morgan fingerprint density at radius 3 is 1.57 bits per heavy atom. The summed E-state index contributed by atoms with van der Waals surface area (Å²) in [5.74, 6) is 0. The van der Waals surface area contributed by atoms with Crippen molar-refractivity contribution in [2.75, 3.05) is 4.90 Å². The summed E-state index contributed by atoms with van der Waals surface area (Å²) in [4.78, 5) is 2.45. The van der Waals surface area contributed by atoms with Gasteiger partial charge in [-0.05, 0) is 90.5 Å². The van der Waals surface area contributed by atoms with Crippen molar-refractivity contribution in [1.82, 2.24) is 0 Å². The third-order valence-electron chi connectivity index (χ3n) is 9.75. The van der Waals surface area contributed by atoms with E-state index in [0.717, 1.165) is 5.69 Å². The van der Waals surface area contributed by atoms with Crippen molar-refractivity contribution in [2.45, 2.75) is 45.4 Å². The first kappa shape index (κ1) is 26.7. The third-order valence-corrected chi connectivity index (χ3v) is 9.75. The number of hydrogen-bond acceptors (Lipinski definition) is 1. The molecule has 44 heavy (non-hydrogen) atoms. The number of anilines is 3. The molecule has 0 spiro atoms. The van der Waals surface area contributed by atoms with Gasteiger partial charge in [0, 0.05) is 22.2 Å². The molecule has 7 aromatic rings. The first-order valence-corrected chi connectivity index (χ1v) is 15.7. The molecule has 0 aromatic heterocycles. The van der Waals surface area contributed by atoms with Gasteiger partial charge >= 0.3 is 0 Å². The highest BCUT2D eigenvalue weighted by Crippen LogP contribution is 2.58. The Morgan fingerprint density at radius 1 is 0.477 bits per heavy atom. The van der Waals surface area contributed by atoms with Gasteiger partial charge in [-0.1, -0.05) is 138 Å². The van der Waals surface area contributed by atoms with E-state index < -0.39 is 0 Å². The van der Waals surface area contributed by atoms with Gasteiger partial charge in [0.2, 0.25) is 0 Å². The standard InChI is InChI=1S/C43H37N/c1-42(2,3)28-23-25-30(26-24-28)44(29-15-7-6-8-16-29)38-27-37-39(35-21-13-11-19-33(35)38)40-34-20-12-9-17-31(34)32-18-10-14-22-36(32)41(40)43(37,4)5/h6-27H,1-5H3. The van der Waals surface area contributed by atoms with Gasteiger partial charge in [-0.3, -0.25) is 0 Å². The molecule has 0 N–H and O–H groups in total. The van der Waals surface area contributed by atoms with Crippen LogP contribution in [0.3, 0.4) is 0 Å². The van der Waals surface area contributed by atoms with E-state index >= 15 is 0 Å². The van der Waals surface area contributed by atoms with E-state index in [-0.39, 0.29) is 10.8 Å². The number of fused-ring (bicyclic) bond motifs is 10. The van der Waals surface area contributed by atoms with Gasteiger partial charge in [-0.25, -0.2) is 0 Å². The van der Waals surface area contributed by atoms with E-state index in [9.17, 15) is 0 Å². The van der Waals surface area contributed by atoms with Crippen LogP contribution < -0.4 is 4.90 Å². The monoisotopic (exact) mass is 567 g/mol. The lowest BCUT2D eigenvalue weighted by molar-refractivity contribution is 0.590. The van der Waals surface area contributed by atoms with E-state index in [2.05, 4.69) is 173 Å². The maximum absolute atomic E-state index is 2.49. The van der Waals surface area contributed by atoms with Gasteiger partial charge in [-0.2, -0.15) is 0 Å². The number of para-hydroxylation sites is 1. The van der Waals surface area contributed by atoms with Crippen LogP contribution in [0.15, 0.2) is 133 Å². The molecular weight excluding hydrogens is 530 g/mol. The quantitative estimate of drug-likeness (QED) is 0.192. The fraction of sp³-hybridized carbons (Fsp3) is 0.163. The van der Waals surface area contributed by atoms with Gasteiger partial charge in [0.1, 0.15) is 0 Å². The summed E-state index contributed by atoms with van der Waals surface area (Å²) in [5, 5.41) is 7.91. The molecule has 0 unspecified atom stereocenters. The van der Waals surface area contributed by atoms with E-state index in [0.29, 0.717) is 0 Å². The topological polar surface area (TPSA) is 3.24 Å². The summed E-state index contributed by atoms with van der Waals surface area (Å²) in [6.45, 7) is 11.7. The molecule has 0 fully saturated rings. The van der Waals surface area contributed by atoms with Crippen molar-refractivity contribution in [3.05, 3.63) is 150 Å². The van der Waals surface area contributed by atoms with Crippen molar-refractivity contribution in [1.29, 1.82) is 0 Å². The van der Waals surface area contributed by atoms with Crippen LogP contribution in [0, 0.1) is 0 Å². The van der Waals surface area contributed by atoms with Crippen molar-refractivity contribution in [3.8, 4) is 11.1 Å². The highest BCUT2D eigenvalue weighted by atomic mass is 15.1. The average Bonchev–Trinajstić information content (AvgIpc) is 3.29. The summed E-state index contributed by atoms with van der Waals surface area (Å²) in [7, 11) is 0. The maximum atomic E-state index is 2.49. The smallest absolute Gasteiger partial charge is 0.0543 e. The molecule has 0 aliphatic heterocycles. The SMILES string of the molecule is CC(C)(C)c1ccc(N(c2ccccc2)c2cc3c(c4ccccc24)-c2c(c4ccccc4c4ccccc24)C3(C)C)cc1. The Hall–Kier alpha value is -4.88. The van der Waals surface area contributed by atoms with Crippen molar-refractivity contribution in [3.63, 3.8) is 0 Å². The zero-order valence-electron chi connectivity index (χ0n) is 26.1. The molecule has 0 saturated carbocycles. The number of benzene rings is 7. The number of rotatable bonds is 3. The second-order valence-electron chi connectivity index (χ2n) is 13.8. The number of nitrogens with zero attached hydrogens (tertiary/aromatic N) is 1. The Bertz CT molecular complexity index is 2210. The zero-order chi connectivity index (χ0) is 30.2. The van der Waals surface area contributed by atoms with Crippen LogP contribution in [0.1, 0.15) is 51.3 Å². The predicted octanol–water partition coefficient (Wildman–Crippen LogP) is 12.2. The summed E-state index contributed by atoms with van der Waals surface area (Å²) in [5.41, 5.74) is 10.4. The van der Waals surface area contributed by atoms with Gasteiger partial charge in [0.05, 0.1) is 5.69 Å². The van der Waals surface area contributed by atoms with Crippen molar-refractivity contribution in [2.24, 2.45) is 0 Å². The Labute approximate surface area is 260 Å². The molecule has 1 nitrogen and oxygen atoms in total. The van der Waals surface area contributed by atoms with Gasteiger partial charge < -0.3 is 4.90 Å². The van der Waals surface area contributed by atoms with E-state index in [4.69, 9.17) is 0 Å². The molecule has 1 heteroatoms. The van der Waals surface area contributed by atoms with E-state index in [1.807, 2.05) is 0 Å². The second kappa shape index (κ2) is 9.56. The molecule has 0 atom stereocenters. The highest BCUT2D eigenvalue weighted by Gasteiger charge is 2.40. The lowest BCUT2D eigenvalue weighted by Crippen LogP contribution is -2.17. The first-order valence-electron chi connectivity index (χ1n) is 15.7. The van der Waals surface area contributed by atoms with E-state index in [1.165, 1.54) is 71.5 Å². The van der Waals surface area contributed by atoms with Crippen LogP contribution in [0.4, 0.5) is 17.1 Å². The Balaban J connectivity index is 1.48. The highest BCUT2D eigenvalue weighted by molar-refractivity contribution is 6.22. The first-order chi connectivity index (χ1) is 21.2. The molecule has 0 heterocycles. The molecule has 7 aromatic carbocycles. The molecule has 214 valence electrons. The average molecular weight is 568 g/mol.